The van der Waals surface area contributed by atoms with Crippen molar-refractivity contribution in [2.75, 3.05) is 0 Å². The van der Waals surface area contributed by atoms with Gasteiger partial charge in [0.05, 0.1) is 5.54 Å². The maximum Gasteiger partial charge on any atom is 0.251 e. The van der Waals surface area contributed by atoms with Crippen LogP contribution in [-0.2, 0) is 11.3 Å². The van der Waals surface area contributed by atoms with Crippen LogP contribution in [0.3, 0.4) is 0 Å². The molecular weight excluding hydrogens is 290 g/mol. The Hall–Kier alpha value is -1.88. The van der Waals surface area contributed by atoms with E-state index in [1.54, 1.807) is 6.07 Å². The number of nitrogens with two attached hydrogens (primary N) is 1. The lowest BCUT2D eigenvalue weighted by Gasteiger charge is -2.22. The molecule has 2 rings (SSSR count). The highest BCUT2D eigenvalue weighted by Gasteiger charge is 2.36. The highest BCUT2D eigenvalue weighted by molar-refractivity contribution is 5.94. The van der Waals surface area contributed by atoms with Gasteiger partial charge in [0.1, 0.15) is 0 Å². The van der Waals surface area contributed by atoms with Crippen molar-refractivity contribution >= 4 is 11.8 Å². The zero-order valence-corrected chi connectivity index (χ0v) is 14.0. The summed E-state index contributed by atoms with van der Waals surface area (Å²) >= 11 is 0. The quantitative estimate of drug-likeness (QED) is 0.751. The molecule has 0 saturated heterocycles. The third kappa shape index (κ3) is 4.55. The molecule has 5 nitrogen and oxygen atoms in total. The minimum atomic E-state index is -0.717. The number of rotatable bonds is 6. The van der Waals surface area contributed by atoms with Gasteiger partial charge in [-0.3, -0.25) is 9.59 Å². The number of benzene rings is 1. The fraction of sp³-hybridized carbons (Fsp3) is 0.556. The van der Waals surface area contributed by atoms with Crippen LogP contribution >= 0.6 is 0 Å². The second kappa shape index (κ2) is 7.59. The summed E-state index contributed by atoms with van der Waals surface area (Å²) in [6.45, 7) is 4.40. The van der Waals surface area contributed by atoms with Crippen LogP contribution in [0.15, 0.2) is 24.3 Å². The van der Waals surface area contributed by atoms with Crippen LogP contribution in [0.25, 0.3) is 0 Å². The third-order valence-electron chi connectivity index (χ3n) is 4.58. The van der Waals surface area contributed by atoms with Crippen molar-refractivity contribution in [1.82, 2.24) is 10.6 Å². The molecule has 0 heterocycles. The molecule has 1 fully saturated rings. The maximum atomic E-state index is 12.2. The summed E-state index contributed by atoms with van der Waals surface area (Å²) in [6, 6.07) is 7.48. The fourth-order valence-electron chi connectivity index (χ4n) is 2.82. The van der Waals surface area contributed by atoms with Crippen molar-refractivity contribution in [2.24, 2.45) is 5.73 Å². The molecule has 1 aromatic carbocycles. The Morgan fingerprint density at radius 1 is 1.30 bits per heavy atom. The zero-order valence-electron chi connectivity index (χ0n) is 14.0. The highest BCUT2D eigenvalue weighted by Crippen LogP contribution is 2.27. The second-order valence-electron chi connectivity index (χ2n) is 6.53. The van der Waals surface area contributed by atoms with E-state index in [4.69, 9.17) is 5.73 Å². The SMILES string of the molecule is CCC(C)NC(=O)c1cccc(CNC(=O)C2(N)CCCC2)c1. The molecule has 2 amide bonds. The standard InChI is InChI=1S/C18H27N3O2/c1-3-13(2)21-16(22)15-8-6-7-14(11-15)12-20-17(23)18(19)9-4-5-10-18/h6-8,11,13H,3-5,9-10,12,19H2,1-2H3,(H,20,23)(H,21,22). The molecule has 1 aromatic rings. The summed E-state index contributed by atoms with van der Waals surface area (Å²) in [5, 5.41) is 5.85. The summed E-state index contributed by atoms with van der Waals surface area (Å²) in [7, 11) is 0. The van der Waals surface area contributed by atoms with Gasteiger partial charge in [-0.25, -0.2) is 0 Å². The van der Waals surface area contributed by atoms with E-state index in [0.29, 0.717) is 12.1 Å². The molecule has 126 valence electrons. The van der Waals surface area contributed by atoms with Crippen LogP contribution in [0.2, 0.25) is 0 Å². The second-order valence-corrected chi connectivity index (χ2v) is 6.53. The van der Waals surface area contributed by atoms with Gasteiger partial charge < -0.3 is 16.4 Å². The van der Waals surface area contributed by atoms with Crippen molar-refractivity contribution in [3.05, 3.63) is 35.4 Å². The fourth-order valence-corrected chi connectivity index (χ4v) is 2.82. The van der Waals surface area contributed by atoms with Crippen molar-refractivity contribution in [2.45, 2.75) is 64.1 Å². The average molecular weight is 317 g/mol. The zero-order chi connectivity index (χ0) is 16.9. The van der Waals surface area contributed by atoms with E-state index in [1.165, 1.54) is 0 Å². The van der Waals surface area contributed by atoms with E-state index in [9.17, 15) is 9.59 Å². The lowest BCUT2D eigenvalue weighted by molar-refractivity contribution is -0.126. The van der Waals surface area contributed by atoms with Crippen molar-refractivity contribution < 1.29 is 9.59 Å². The molecule has 1 saturated carbocycles. The molecule has 1 unspecified atom stereocenters. The van der Waals surface area contributed by atoms with Gasteiger partial charge in [0.15, 0.2) is 0 Å². The Morgan fingerprint density at radius 3 is 2.65 bits per heavy atom. The van der Waals surface area contributed by atoms with Gasteiger partial charge in [-0.15, -0.1) is 0 Å². The van der Waals surface area contributed by atoms with Crippen LogP contribution in [0.1, 0.15) is 61.9 Å². The smallest absolute Gasteiger partial charge is 0.251 e. The first-order chi connectivity index (χ1) is 10.9. The Kier molecular flexibility index (Phi) is 5.77. The van der Waals surface area contributed by atoms with E-state index in [2.05, 4.69) is 10.6 Å². The molecule has 1 aliphatic rings. The third-order valence-corrected chi connectivity index (χ3v) is 4.58. The molecule has 4 N–H and O–H groups in total. The van der Waals surface area contributed by atoms with Crippen LogP contribution in [0.5, 0.6) is 0 Å². The summed E-state index contributed by atoms with van der Waals surface area (Å²) in [4.78, 5) is 24.4. The number of hydrogen-bond donors (Lipinski definition) is 3. The van der Waals surface area contributed by atoms with Gasteiger partial charge in [-0.05, 0) is 43.9 Å². The monoisotopic (exact) mass is 317 g/mol. The molecule has 1 atom stereocenters. The Labute approximate surface area is 138 Å². The van der Waals surface area contributed by atoms with Gasteiger partial charge in [-0.2, -0.15) is 0 Å². The molecule has 1 aliphatic carbocycles. The number of amides is 2. The first-order valence-electron chi connectivity index (χ1n) is 8.41. The molecule has 0 bridgehead atoms. The Morgan fingerprint density at radius 2 is 2.00 bits per heavy atom. The number of carbonyl (C=O) groups excluding carboxylic acids is 2. The van der Waals surface area contributed by atoms with Gasteiger partial charge in [0, 0.05) is 18.2 Å². The predicted molar refractivity (Wildman–Crippen MR) is 90.9 cm³/mol. The lowest BCUT2D eigenvalue weighted by atomic mass is 9.98. The number of carbonyl (C=O) groups is 2. The van der Waals surface area contributed by atoms with Crippen molar-refractivity contribution in [3.8, 4) is 0 Å². The van der Waals surface area contributed by atoms with E-state index >= 15 is 0 Å². The molecule has 0 aliphatic heterocycles. The van der Waals surface area contributed by atoms with Crippen LogP contribution < -0.4 is 16.4 Å². The molecular formula is C18H27N3O2. The van der Waals surface area contributed by atoms with Gasteiger partial charge in [0.25, 0.3) is 5.91 Å². The topological polar surface area (TPSA) is 84.2 Å². The summed E-state index contributed by atoms with van der Waals surface area (Å²) in [5.74, 6) is -0.178. The van der Waals surface area contributed by atoms with Gasteiger partial charge in [0.2, 0.25) is 5.91 Å². The summed E-state index contributed by atoms with van der Waals surface area (Å²) in [5.41, 5.74) is 6.93. The maximum absolute atomic E-state index is 12.2. The Bertz CT molecular complexity index is 565. The van der Waals surface area contributed by atoms with Crippen molar-refractivity contribution in [3.63, 3.8) is 0 Å². The number of nitrogens with one attached hydrogen (secondary N) is 2. The first kappa shape index (κ1) is 17.5. The highest BCUT2D eigenvalue weighted by atomic mass is 16.2. The predicted octanol–water partition coefficient (Wildman–Crippen LogP) is 2.10. The largest absolute Gasteiger partial charge is 0.350 e. The Balaban J connectivity index is 1.94. The van der Waals surface area contributed by atoms with Crippen LogP contribution in [0.4, 0.5) is 0 Å². The van der Waals surface area contributed by atoms with Gasteiger partial charge >= 0.3 is 0 Å². The molecule has 0 spiro atoms. The molecule has 23 heavy (non-hydrogen) atoms. The van der Waals surface area contributed by atoms with Gasteiger partial charge in [-0.1, -0.05) is 31.9 Å². The molecule has 0 radical (unpaired) electrons. The van der Waals surface area contributed by atoms with Crippen LogP contribution in [0, 0.1) is 0 Å². The molecule has 0 aromatic heterocycles. The first-order valence-corrected chi connectivity index (χ1v) is 8.41. The number of hydrogen-bond acceptors (Lipinski definition) is 3. The van der Waals surface area contributed by atoms with Crippen molar-refractivity contribution in [1.29, 1.82) is 0 Å². The van der Waals surface area contributed by atoms with E-state index in [-0.39, 0.29) is 17.9 Å². The van der Waals surface area contributed by atoms with E-state index < -0.39 is 5.54 Å². The van der Waals surface area contributed by atoms with Crippen LogP contribution in [-0.4, -0.2) is 23.4 Å². The minimum Gasteiger partial charge on any atom is -0.350 e. The average Bonchev–Trinajstić information content (AvgIpc) is 3.00. The van der Waals surface area contributed by atoms with E-state index in [0.717, 1.165) is 37.7 Å². The normalized spacial score (nSPS) is 17.5. The summed E-state index contributed by atoms with van der Waals surface area (Å²) in [6.07, 6.45) is 4.40. The summed E-state index contributed by atoms with van der Waals surface area (Å²) < 4.78 is 0. The molecule has 5 heteroatoms. The lowest BCUT2D eigenvalue weighted by Crippen LogP contribution is -2.51. The van der Waals surface area contributed by atoms with E-state index in [1.807, 2.05) is 32.0 Å². The minimum absolute atomic E-state index is 0.0846.